The van der Waals surface area contributed by atoms with Gasteiger partial charge in [-0.1, -0.05) is 25.1 Å². The first-order chi connectivity index (χ1) is 10.2. The minimum absolute atomic E-state index is 0. The van der Waals surface area contributed by atoms with Gasteiger partial charge in [0.25, 0.3) is 5.91 Å². The summed E-state index contributed by atoms with van der Waals surface area (Å²) >= 11 is 0. The Bertz CT molecular complexity index is 660. The number of halogens is 2. The number of fused-ring (bicyclic) bond motifs is 1. The van der Waals surface area contributed by atoms with Gasteiger partial charge >= 0.3 is 0 Å². The number of carbonyl (C=O) groups excluding carboxylic acids is 1. The lowest BCUT2D eigenvalue weighted by Crippen LogP contribution is -2.49. The summed E-state index contributed by atoms with van der Waals surface area (Å²) < 4.78 is 0. The van der Waals surface area contributed by atoms with E-state index in [4.69, 9.17) is 5.73 Å². The number of para-hydroxylation sites is 1. The summed E-state index contributed by atoms with van der Waals surface area (Å²) in [6, 6.07) is 9.78. The first kappa shape index (κ1) is 19.7. The van der Waals surface area contributed by atoms with E-state index in [1.807, 2.05) is 35.2 Å². The molecule has 126 valence electrons. The number of likely N-dealkylation sites (tertiary alicyclic amines) is 1. The predicted octanol–water partition coefficient (Wildman–Crippen LogP) is 3.28. The molecule has 2 unspecified atom stereocenters. The number of piperidine rings is 1. The molecule has 1 saturated heterocycles. The molecule has 0 spiro atoms. The van der Waals surface area contributed by atoms with Crippen LogP contribution in [0.25, 0.3) is 10.9 Å². The summed E-state index contributed by atoms with van der Waals surface area (Å²) in [4.78, 5) is 19.2. The molecule has 1 fully saturated rings. The lowest BCUT2D eigenvalue weighted by atomic mass is 9.91. The minimum atomic E-state index is 0. The second kappa shape index (κ2) is 8.48. The van der Waals surface area contributed by atoms with Gasteiger partial charge in [-0.15, -0.1) is 24.8 Å². The molecule has 1 aromatic carbocycles. The topological polar surface area (TPSA) is 59.2 Å². The third-order valence-corrected chi connectivity index (χ3v) is 4.37. The van der Waals surface area contributed by atoms with E-state index in [-0.39, 0.29) is 36.8 Å². The second-order valence-corrected chi connectivity index (χ2v) is 5.90. The van der Waals surface area contributed by atoms with Gasteiger partial charge in [0.15, 0.2) is 0 Å². The molecule has 23 heavy (non-hydrogen) atoms. The van der Waals surface area contributed by atoms with E-state index in [1.165, 1.54) is 0 Å². The third kappa shape index (κ3) is 3.94. The fraction of sp³-hybridized carbons (Fsp3) is 0.412. The Labute approximate surface area is 149 Å². The highest BCUT2D eigenvalue weighted by molar-refractivity contribution is 6.05. The van der Waals surface area contributed by atoms with Crippen LogP contribution in [0.1, 0.15) is 30.1 Å². The zero-order valence-corrected chi connectivity index (χ0v) is 14.8. The second-order valence-electron chi connectivity index (χ2n) is 5.90. The van der Waals surface area contributed by atoms with Gasteiger partial charge in [-0.05, 0) is 30.9 Å². The number of aromatic nitrogens is 1. The number of benzene rings is 1. The van der Waals surface area contributed by atoms with Crippen molar-refractivity contribution in [2.45, 2.75) is 25.8 Å². The third-order valence-electron chi connectivity index (χ3n) is 4.37. The molecule has 6 heteroatoms. The zero-order valence-electron chi connectivity index (χ0n) is 13.1. The maximum Gasteiger partial charge on any atom is 0.256 e. The van der Waals surface area contributed by atoms with E-state index in [0.29, 0.717) is 18.0 Å². The van der Waals surface area contributed by atoms with Crippen LogP contribution < -0.4 is 5.73 Å². The Morgan fingerprint density at radius 2 is 2.04 bits per heavy atom. The fourth-order valence-electron chi connectivity index (χ4n) is 3.17. The fourth-order valence-corrected chi connectivity index (χ4v) is 3.17. The highest BCUT2D eigenvalue weighted by atomic mass is 35.5. The summed E-state index contributed by atoms with van der Waals surface area (Å²) in [6.07, 6.45) is 3.76. The van der Waals surface area contributed by atoms with E-state index in [9.17, 15) is 4.79 Å². The average molecular weight is 356 g/mol. The molecule has 0 bridgehead atoms. The van der Waals surface area contributed by atoms with Crippen LogP contribution in [0.5, 0.6) is 0 Å². The molecule has 2 heterocycles. The summed E-state index contributed by atoms with van der Waals surface area (Å²) in [5, 5.41) is 0.998. The molecule has 0 radical (unpaired) electrons. The van der Waals surface area contributed by atoms with Crippen molar-refractivity contribution in [1.29, 1.82) is 0 Å². The zero-order chi connectivity index (χ0) is 14.8. The van der Waals surface area contributed by atoms with Gasteiger partial charge < -0.3 is 10.6 Å². The van der Waals surface area contributed by atoms with Crippen molar-refractivity contribution >= 4 is 41.6 Å². The van der Waals surface area contributed by atoms with Crippen LogP contribution in [0.4, 0.5) is 0 Å². The molecular formula is C17H23Cl2N3O. The summed E-state index contributed by atoms with van der Waals surface area (Å²) in [7, 11) is 0. The summed E-state index contributed by atoms with van der Waals surface area (Å²) in [6.45, 7) is 3.53. The van der Waals surface area contributed by atoms with Crippen molar-refractivity contribution in [3.05, 3.63) is 42.1 Å². The predicted molar refractivity (Wildman–Crippen MR) is 98.5 cm³/mol. The summed E-state index contributed by atoms with van der Waals surface area (Å²) in [5.41, 5.74) is 7.33. The maximum absolute atomic E-state index is 12.9. The lowest BCUT2D eigenvalue weighted by molar-refractivity contribution is 0.0575. The number of amides is 1. The van der Waals surface area contributed by atoms with Crippen LogP contribution in [0.15, 0.2) is 36.5 Å². The van der Waals surface area contributed by atoms with E-state index in [2.05, 4.69) is 11.9 Å². The van der Waals surface area contributed by atoms with Crippen molar-refractivity contribution < 1.29 is 4.79 Å². The quantitative estimate of drug-likeness (QED) is 0.898. The van der Waals surface area contributed by atoms with Crippen LogP contribution in [0, 0.1) is 5.92 Å². The Kier molecular flexibility index (Phi) is 7.26. The molecule has 1 aromatic heterocycles. The number of hydrogen-bond donors (Lipinski definition) is 1. The minimum Gasteiger partial charge on any atom is -0.334 e. The van der Waals surface area contributed by atoms with E-state index in [1.54, 1.807) is 6.20 Å². The van der Waals surface area contributed by atoms with Crippen molar-refractivity contribution in [2.24, 2.45) is 11.7 Å². The molecule has 0 aliphatic carbocycles. The van der Waals surface area contributed by atoms with Crippen molar-refractivity contribution in [3.8, 4) is 0 Å². The Morgan fingerprint density at radius 1 is 1.30 bits per heavy atom. The normalized spacial score (nSPS) is 20.5. The van der Waals surface area contributed by atoms with Gasteiger partial charge in [0.2, 0.25) is 0 Å². The molecule has 1 aliphatic rings. The molecule has 1 amide bonds. The SMILES string of the molecule is CC1CCN(C(=O)c2cccc3cccnc23)C(CN)C1.Cl.Cl. The van der Waals surface area contributed by atoms with Gasteiger partial charge in [0.1, 0.15) is 0 Å². The van der Waals surface area contributed by atoms with Crippen molar-refractivity contribution in [3.63, 3.8) is 0 Å². The number of rotatable bonds is 2. The molecule has 4 nitrogen and oxygen atoms in total. The summed E-state index contributed by atoms with van der Waals surface area (Å²) in [5.74, 6) is 0.690. The van der Waals surface area contributed by atoms with Crippen LogP contribution in [-0.4, -0.2) is 34.9 Å². The number of pyridine rings is 1. The number of nitrogens with zero attached hydrogens (tertiary/aromatic N) is 2. The maximum atomic E-state index is 12.9. The highest BCUT2D eigenvalue weighted by Crippen LogP contribution is 2.25. The van der Waals surface area contributed by atoms with E-state index < -0.39 is 0 Å². The van der Waals surface area contributed by atoms with Crippen LogP contribution >= 0.6 is 24.8 Å². The molecule has 2 atom stereocenters. The molecule has 2 aromatic rings. The molecule has 0 saturated carbocycles. The smallest absolute Gasteiger partial charge is 0.256 e. The number of carbonyl (C=O) groups is 1. The van der Waals surface area contributed by atoms with Gasteiger partial charge in [-0.25, -0.2) is 0 Å². The van der Waals surface area contributed by atoms with Gasteiger partial charge in [0, 0.05) is 30.7 Å². The van der Waals surface area contributed by atoms with E-state index in [0.717, 1.165) is 30.3 Å². The van der Waals surface area contributed by atoms with Crippen LogP contribution in [-0.2, 0) is 0 Å². The Balaban J connectivity index is 0.00000132. The van der Waals surface area contributed by atoms with Crippen molar-refractivity contribution in [1.82, 2.24) is 9.88 Å². The molecule has 3 rings (SSSR count). The van der Waals surface area contributed by atoms with E-state index >= 15 is 0 Å². The van der Waals surface area contributed by atoms with Crippen LogP contribution in [0.3, 0.4) is 0 Å². The largest absolute Gasteiger partial charge is 0.334 e. The highest BCUT2D eigenvalue weighted by Gasteiger charge is 2.30. The lowest BCUT2D eigenvalue weighted by Gasteiger charge is -2.38. The Morgan fingerprint density at radius 3 is 2.78 bits per heavy atom. The first-order valence-electron chi connectivity index (χ1n) is 7.55. The molecular weight excluding hydrogens is 333 g/mol. The number of nitrogens with two attached hydrogens (primary N) is 1. The number of hydrogen-bond acceptors (Lipinski definition) is 3. The van der Waals surface area contributed by atoms with Gasteiger partial charge in [-0.2, -0.15) is 0 Å². The average Bonchev–Trinajstić information content (AvgIpc) is 2.53. The van der Waals surface area contributed by atoms with Gasteiger partial charge in [0.05, 0.1) is 11.1 Å². The Hall–Kier alpha value is -1.36. The molecule has 2 N–H and O–H groups in total. The first-order valence-corrected chi connectivity index (χ1v) is 7.55. The van der Waals surface area contributed by atoms with Crippen molar-refractivity contribution in [2.75, 3.05) is 13.1 Å². The monoisotopic (exact) mass is 355 g/mol. The van der Waals surface area contributed by atoms with Gasteiger partial charge in [-0.3, -0.25) is 9.78 Å². The standard InChI is InChI=1S/C17H21N3O.2ClH/c1-12-7-9-20(14(10-12)11-18)17(21)15-6-2-4-13-5-3-8-19-16(13)15;;/h2-6,8,12,14H,7,9-11,18H2,1H3;2*1H. The van der Waals surface area contributed by atoms with Crippen LogP contribution in [0.2, 0.25) is 0 Å². The molecule has 1 aliphatic heterocycles.